The van der Waals surface area contributed by atoms with Gasteiger partial charge in [-0.1, -0.05) is 11.9 Å². The Morgan fingerprint density at radius 1 is 1.55 bits per heavy atom. The molecule has 0 spiro atoms. The van der Waals surface area contributed by atoms with E-state index in [-0.39, 0.29) is 6.03 Å². The number of rotatable bonds is 4. The van der Waals surface area contributed by atoms with E-state index in [2.05, 4.69) is 5.32 Å². The Morgan fingerprint density at radius 2 is 2.09 bits per heavy atom. The van der Waals surface area contributed by atoms with E-state index in [1.165, 1.54) is 0 Å². The smallest absolute Gasteiger partial charge is 0.318 e. The zero-order valence-electron chi connectivity index (χ0n) is 6.96. The lowest BCUT2D eigenvalue weighted by Gasteiger charge is -2.18. The van der Waals surface area contributed by atoms with Gasteiger partial charge in [-0.05, 0) is 13.8 Å². The molecule has 2 amide bonds. The Kier molecular flexibility index (Phi) is 6.06. The molecule has 0 rings (SSSR count). The molecule has 0 saturated carbocycles. The van der Waals surface area contributed by atoms with Crippen molar-refractivity contribution in [2.45, 2.75) is 13.8 Å². The van der Waals surface area contributed by atoms with Crippen LogP contribution in [-0.2, 0) is 0 Å². The Hall–Kier alpha value is -0.420. The number of hydrogen-bond acceptors (Lipinski definition) is 3. The van der Waals surface area contributed by atoms with Crippen molar-refractivity contribution in [2.75, 3.05) is 19.0 Å². The van der Waals surface area contributed by atoms with Crippen molar-refractivity contribution >= 4 is 18.0 Å². The van der Waals surface area contributed by atoms with E-state index in [0.29, 0.717) is 5.88 Å². The molecular weight excluding hydrogens is 162 g/mol. The van der Waals surface area contributed by atoms with Crippen molar-refractivity contribution in [1.82, 2.24) is 10.2 Å². The normalized spacial score (nSPS) is 9.36. The average Bonchev–Trinajstić information content (AvgIpc) is 2.03. The van der Waals surface area contributed by atoms with Gasteiger partial charge < -0.3 is 10.2 Å². The van der Waals surface area contributed by atoms with Crippen LogP contribution in [0.1, 0.15) is 13.8 Å². The highest BCUT2D eigenvalue weighted by Crippen LogP contribution is 1.89. The molecule has 11 heavy (non-hydrogen) atoms. The van der Waals surface area contributed by atoms with Gasteiger partial charge in [-0.25, -0.2) is 4.79 Å². The standard InChI is InChI=1S/C6H15N3OS/c1-3-9(4-2)6(10)8-5-11-7/h3-5,7H2,1-2H3,(H,8,10). The molecule has 0 aliphatic carbocycles. The van der Waals surface area contributed by atoms with Gasteiger partial charge in [0, 0.05) is 13.1 Å². The zero-order chi connectivity index (χ0) is 8.69. The molecule has 0 aromatic heterocycles. The summed E-state index contributed by atoms with van der Waals surface area (Å²) in [5.41, 5.74) is 0. The Labute approximate surface area is 71.6 Å². The van der Waals surface area contributed by atoms with Crippen molar-refractivity contribution in [3.05, 3.63) is 0 Å². The van der Waals surface area contributed by atoms with Gasteiger partial charge in [0.05, 0.1) is 5.88 Å². The van der Waals surface area contributed by atoms with Crippen molar-refractivity contribution < 1.29 is 4.79 Å². The highest BCUT2D eigenvalue weighted by atomic mass is 32.2. The molecule has 0 saturated heterocycles. The molecular formula is C6H15N3OS. The summed E-state index contributed by atoms with van der Waals surface area (Å²) in [5, 5.41) is 7.80. The minimum Gasteiger partial charge on any atom is -0.328 e. The molecule has 4 nitrogen and oxygen atoms in total. The molecule has 0 radical (unpaired) electrons. The van der Waals surface area contributed by atoms with Crippen molar-refractivity contribution in [3.63, 3.8) is 0 Å². The van der Waals surface area contributed by atoms with E-state index in [9.17, 15) is 4.79 Å². The van der Waals surface area contributed by atoms with Crippen LogP contribution < -0.4 is 10.5 Å². The summed E-state index contributed by atoms with van der Waals surface area (Å²) in [7, 11) is 0. The quantitative estimate of drug-likeness (QED) is 0.488. The highest BCUT2D eigenvalue weighted by molar-refractivity contribution is 7.97. The molecule has 0 aliphatic rings. The summed E-state index contributed by atoms with van der Waals surface area (Å²) < 4.78 is 0. The number of urea groups is 1. The molecule has 0 unspecified atom stereocenters. The number of carbonyl (C=O) groups is 1. The highest BCUT2D eigenvalue weighted by Gasteiger charge is 2.06. The van der Waals surface area contributed by atoms with Gasteiger partial charge in [0.2, 0.25) is 0 Å². The first-order chi connectivity index (χ1) is 5.26. The van der Waals surface area contributed by atoms with Gasteiger partial charge >= 0.3 is 6.03 Å². The predicted octanol–water partition coefficient (Wildman–Crippen LogP) is 0.602. The van der Waals surface area contributed by atoms with Gasteiger partial charge in [0.25, 0.3) is 0 Å². The van der Waals surface area contributed by atoms with Gasteiger partial charge in [-0.3, -0.25) is 5.14 Å². The molecule has 0 atom stereocenters. The minimum atomic E-state index is -0.0482. The summed E-state index contributed by atoms with van der Waals surface area (Å²) in [5.74, 6) is 0.468. The van der Waals surface area contributed by atoms with Crippen LogP contribution in [0.15, 0.2) is 0 Å². The van der Waals surface area contributed by atoms with Gasteiger partial charge in [0.1, 0.15) is 0 Å². The molecule has 0 aromatic carbocycles. The van der Waals surface area contributed by atoms with E-state index in [4.69, 9.17) is 5.14 Å². The predicted molar refractivity (Wildman–Crippen MR) is 48.1 cm³/mol. The molecule has 5 heteroatoms. The Bertz CT molecular complexity index is 116. The van der Waals surface area contributed by atoms with E-state index >= 15 is 0 Å². The zero-order valence-corrected chi connectivity index (χ0v) is 7.78. The summed E-state index contributed by atoms with van der Waals surface area (Å²) in [6.45, 7) is 5.35. The van der Waals surface area contributed by atoms with Crippen LogP contribution in [0.4, 0.5) is 4.79 Å². The summed E-state index contributed by atoms with van der Waals surface area (Å²) in [4.78, 5) is 12.8. The lowest BCUT2D eigenvalue weighted by atomic mass is 10.5. The number of amides is 2. The van der Waals surface area contributed by atoms with Gasteiger partial charge in [-0.15, -0.1) is 0 Å². The third-order valence-corrected chi connectivity index (χ3v) is 1.67. The van der Waals surface area contributed by atoms with Crippen LogP contribution in [0.25, 0.3) is 0 Å². The fraction of sp³-hybridized carbons (Fsp3) is 0.833. The Balaban J connectivity index is 3.61. The fourth-order valence-electron chi connectivity index (χ4n) is 0.726. The molecule has 66 valence electrons. The number of hydrogen-bond donors (Lipinski definition) is 2. The second-order valence-electron chi connectivity index (χ2n) is 1.97. The van der Waals surface area contributed by atoms with Crippen molar-refractivity contribution in [3.8, 4) is 0 Å². The van der Waals surface area contributed by atoms with Crippen LogP contribution in [0.5, 0.6) is 0 Å². The van der Waals surface area contributed by atoms with Crippen LogP contribution in [0.3, 0.4) is 0 Å². The summed E-state index contributed by atoms with van der Waals surface area (Å²) in [6.07, 6.45) is 0. The molecule has 0 fully saturated rings. The molecule has 0 aliphatic heterocycles. The van der Waals surface area contributed by atoms with E-state index in [1.807, 2.05) is 13.8 Å². The van der Waals surface area contributed by atoms with Crippen LogP contribution in [-0.4, -0.2) is 29.9 Å². The molecule has 0 heterocycles. The SMILES string of the molecule is CCN(CC)C(=O)NCSN. The third-order valence-electron chi connectivity index (χ3n) is 1.36. The largest absolute Gasteiger partial charge is 0.328 e. The number of nitrogens with one attached hydrogen (secondary N) is 1. The maximum atomic E-state index is 11.1. The first-order valence-electron chi connectivity index (χ1n) is 3.60. The Morgan fingerprint density at radius 3 is 2.45 bits per heavy atom. The maximum Gasteiger partial charge on any atom is 0.318 e. The second-order valence-corrected chi connectivity index (χ2v) is 2.59. The monoisotopic (exact) mass is 177 g/mol. The second kappa shape index (κ2) is 6.30. The number of nitrogens with zero attached hydrogens (tertiary/aromatic N) is 1. The molecule has 3 N–H and O–H groups in total. The van der Waals surface area contributed by atoms with E-state index < -0.39 is 0 Å². The molecule has 0 aromatic rings. The summed E-state index contributed by atoms with van der Waals surface area (Å²) >= 11 is 1.11. The number of carbonyl (C=O) groups excluding carboxylic acids is 1. The van der Waals surface area contributed by atoms with Crippen molar-refractivity contribution in [1.29, 1.82) is 0 Å². The van der Waals surface area contributed by atoms with Gasteiger partial charge in [-0.2, -0.15) is 0 Å². The van der Waals surface area contributed by atoms with Crippen LogP contribution in [0, 0.1) is 0 Å². The lowest BCUT2D eigenvalue weighted by Crippen LogP contribution is -2.39. The first-order valence-corrected chi connectivity index (χ1v) is 4.65. The van der Waals surface area contributed by atoms with Crippen LogP contribution >= 0.6 is 11.9 Å². The average molecular weight is 177 g/mol. The topological polar surface area (TPSA) is 58.4 Å². The third kappa shape index (κ3) is 4.10. The lowest BCUT2D eigenvalue weighted by molar-refractivity contribution is 0.205. The maximum absolute atomic E-state index is 11.1. The van der Waals surface area contributed by atoms with E-state index in [0.717, 1.165) is 25.0 Å². The molecule has 0 bridgehead atoms. The first kappa shape index (κ1) is 10.6. The fourth-order valence-corrected chi connectivity index (χ4v) is 0.933. The number of nitrogens with two attached hydrogens (primary N) is 1. The van der Waals surface area contributed by atoms with Gasteiger partial charge in [0.15, 0.2) is 0 Å². The van der Waals surface area contributed by atoms with Crippen molar-refractivity contribution in [2.24, 2.45) is 5.14 Å². The van der Waals surface area contributed by atoms with Crippen LogP contribution in [0.2, 0.25) is 0 Å². The summed E-state index contributed by atoms with van der Waals surface area (Å²) in [6, 6.07) is -0.0482. The van der Waals surface area contributed by atoms with E-state index in [1.54, 1.807) is 4.90 Å². The minimum absolute atomic E-state index is 0.0482.